The van der Waals surface area contributed by atoms with E-state index in [1.807, 2.05) is 0 Å². The Hall–Kier alpha value is 4.70. The van der Waals surface area contributed by atoms with Crippen LogP contribution in [-0.4, -0.2) is 59.9 Å². The van der Waals surface area contributed by atoms with Crippen molar-refractivity contribution in [2.75, 3.05) is 30.5 Å². The van der Waals surface area contributed by atoms with Crippen LogP contribution in [0, 0.1) is 0 Å². The summed E-state index contributed by atoms with van der Waals surface area (Å²) in [5.41, 5.74) is 1.60. The maximum atomic E-state index is 11.2. The minimum atomic E-state index is -0.314. The van der Waals surface area contributed by atoms with Crippen LogP contribution in [0.1, 0.15) is 20.8 Å². The third-order valence-corrected chi connectivity index (χ3v) is 18.9. The summed E-state index contributed by atoms with van der Waals surface area (Å²) in [6.45, 7) is 1.56. The van der Waals surface area contributed by atoms with Crippen molar-refractivity contribution in [3.8, 4) is 5.75 Å². The first-order chi connectivity index (χ1) is 15.4. The standard InChI is InChI=1S/C18H18Br12O3/c19-1-6(21)3-32-5-8(23)11(24)9-10(17(31)15(28)14(27)12(9)25)13(26)16(29)18(30)33-4-7(22)2-20/h6-8,11,13,16,18,31H,1-5H2. The smallest absolute Gasteiger partial charge is 0.135 e. The summed E-state index contributed by atoms with van der Waals surface area (Å²) in [6.07, 6.45) is 0. The topological polar surface area (TPSA) is 38.7 Å². The van der Waals surface area contributed by atoms with E-state index in [4.69, 9.17) is 9.47 Å². The van der Waals surface area contributed by atoms with Crippen LogP contribution >= 0.6 is 191 Å². The van der Waals surface area contributed by atoms with Crippen molar-refractivity contribution in [1.82, 2.24) is 0 Å². The van der Waals surface area contributed by atoms with Crippen LogP contribution < -0.4 is 0 Å². The van der Waals surface area contributed by atoms with Gasteiger partial charge in [-0.25, -0.2) is 0 Å². The Kier molecular flexibility index (Phi) is 19.7. The fourth-order valence-electron chi connectivity index (χ4n) is 2.47. The van der Waals surface area contributed by atoms with E-state index in [9.17, 15) is 5.11 Å². The molecule has 0 aliphatic heterocycles. The Morgan fingerprint density at radius 2 is 1.21 bits per heavy atom. The number of hydrogen-bond donors (Lipinski definition) is 1. The first kappa shape index (κ1) is 35.7. The summed E-state index contributed by atoms with van der Waals surface area (Å²) < 4.78 is 13.9. The largest absolute Gasteiger partial charge is 0.506 e. The number of alkyl halides is 9. The summed E-state index contributed by atoms with van der Waals surface area (Å²) in [5, 5.41) is 12.4. The summed E-state index contributed by atoms with van der Waals surface area (Å²) >= 11 is 43.5. The molecule has 0 spiro atoms. The normalized spacial score (nSPS) is 18.4. The fourth-order valence-corrected chi connectivity index (χ4v) is 8.34. The third-order valence-electron chi connectivity index (χ3n) is 4.12. The Bertz CT molecular complexity index is 755. The highest BCUT2D eigenvalue weighted by atomic mass is 79.9. The number of hydrogen-bond acceptors (Lipinski definition) is 3. The number of halogens is 12. The first-order valence-electron chi connectivity index (χ1n) is 9.07. The lowest BCUT2D eigenvalue weighted by Gasteiger charge is -2.29. The van der Waals surface area contributed by atoms with E-state index in [0.29, 0.717) is 29.9 Å². The number of benzene rings is 1. The molecule has 3 nitrogen and oxygen atoms in total. The highest BCUT2D eigenvalue weighted by Crippen LogP contribution is 2.54. The van der Waals surface area contributed by atoms with Gasteiger partial charge < -0.3 is 14.6 Å². The van der Waals surface area contributed by atoms with E-state index >= 15 is 0 Å². The van der Waals surface area contributed by atoms with Gasteiger partial charge in [0.15, 0.2) is 0 Å². The van der Waals surface area contributed by atoms with Gasteiger partial charge in [-0.05, 0) is 53.4 Å². The highest BCUT2D eigenvalue weighted by Gasteiger charge is 2.36. The van der Waals surface area contributed by atoms with E-state index < -0.39 is 0 Å². The molecule has 0 aromatic heterocycles. The van der Waals surface area contributed by atoms with E-state index in [2.05, 4.69) is 191 Å². The molecule has 7 atom stereocenters. The monoisotopic (exact) mass is 1230 g/mol. The molecule has 0 radical (unpaired) electrons. The lowest BCUT2D eigenvalue weighted by atomic mass is 9.97. The second-order valence-corrected chi connectivity index (χ2v) is 18.0. The molecule has 0 fully saturated rings. The van der Waals surface area contributed by atoms with E-state index in [0.717, 1.165) is 25.2 Å². The molecule has 33 heavy (non-hydrogen) atoms. The molecule has 7 unspecified atom stereocenters. The average Bonchev–Trinajstić information content (AvgIpc) is 2.81. The summed E-state index contributed by atoms with van der Waals surface area (Å²) in [4.78, 5) is -0.306. The summed E-state index contributed by atoms with van der Waals surface area (Å²) in [6, 6.07) is 0. The molecule has 0 amide bonds. The predicted molar refractivity (Wildman–Crippen MR) is 182 cm³/mol. The summed E-state index contributed by atoms with van der Waals surface area (Å²) in [5.74, 6) is 0.134. The molecule has 0 bridgehead atoms. The Morgan fingerprint density at radius 3 is 1.76 bits per heavy atom. The molecule has 0 saturated carbocycles. The van der Waals surface area contributed by atoms with Gasteiger partial charge in [-0.3, -0.25) is 0 Å². The van der Waals surface area contributed by atoms with Gasteiger partial charge in [-0.1, -0.05) is 143 Å². The maximum Gasteiger partial charge on any atom is 0.135 e. The van der Waals surface area contributed by atoms with Crippen LogP contribution in [0.4, 0.5) is 0 Å². The van der Waals surface area contributed by atoms with Gasteiger partial charge in [0, 0.05) is 30.4 Å². The average molecular weight is 1240 g/mol. The minimum absolute atomic E-state index is 0.0624. The second kappa shape index (κ2) is 18.2. The molecule has 192 valence electrons. The molecule has 0 saturated heterocycles. The van der Waals surface area contributed by atoms with Gasteiger partial charge in [0.05, 0.1) is 48.1 Å². The molecular formula is C18H18Br12O3. The van der Waals surface area contributed by atoms with Crippen LogP contribution in [0.25, 0.3) is 0 Å². The lowest BCUT2D eigenvalue weighted by Crippen LogP contribution is -2.26. The van der Waals surface area contributed by atoms with Gasteiger partial charge in [-0.2, -0.15) is 0 Å². The Morgan fingerprint density at radius 1 is 0.667 bits per heavy atom. The van der Waals surface area contributed by atoms with Gasteiger partial charge in [0.2, 0.25) is 0 Å². The number of ether oxygens (including phenoxy) is 2. The molecule has 1 rings (SSSR count). The molecule has 0 aliphatic carbocycles. The lowest BCUT2D eigenvalue weighted by molar-refractivity contribution is 0.121. The zero-order valence-electron chi connectivity index (χ0n) is 16.4. The van der Waals surface area contributed by atoms with Gasteiger partial charge in [0.25, 0.3) is 0 Å². The molecular weight excluding hydrogens is 1220 g/mol. The molecule has 0 heterocycles. The van der Waals surface area contributed by atoms with Crippen LogP contribution in [0.3, 0.4) is 0 Å². The third kappa shape index (κ3) is 10.9. The van der Waals surface area contributed by atoms with Crippen molar-refractivity contribution in [2.45, 2.75) is 34.0 Å². The maximum absolute atomic E-state index is 11.2. The Labute approximate surface area is 295 Å². The van der Waals surface area contributed by atoms with Crippen LogP contribution in [0.2, 0.25) is 0 Å². The van der Waals surface area contributed by atoms with Gasteiger partial charge in [-0.15, -0.1) is 0 Å². The van der Waals surface area contributed by atoms with Crippen molar-refractivity contribution >= 4 is 191 Å². The SMILES string of the molecule is Oc1c(Br)c(Br)c(Br)c(C(Br)C(Br)COCC(Br)CBr)c1C(Br)C(Br)C(Br)OCC(Br)CBr. The Balaban J connectivity index is 3.26. The minimum Gasteiger partial charge on any atom is -0.506 e. The molecule has 1 aromatic carbocycles. The van der Waals surface area contributed by atoms with Crippen molar-refractivity contribution in [1.29, 1.82) is 0 Å². The zero-order chi connectivity index (χ0) is 25.5. The van der Waals surface area contributed by atoms with Crippen molar-refractivity contribution in [3.05, 3.63) is 24.5 Å². The van der Waals surface area contributed by atoms with E-state index in [1.54, 1.807) is 0 Å². The highest BCUT2D eigenvalue weighted by molar-refractivity contribution is 9.15. The van der Waals surface area contributed by atoms with Gasteiger partial charge >= 0.3 is 0 Å². The van der Waals surface area contributed by atoms with Gasteiger partial charge in [0.1, 0.15) is 10.8 Å². The fraction of sp³-hybridized carbons (Fsp3) is 0.667. The molecule has 15 heteroatoms. The molecule has 1 N–H and O–H groups in total. The van der Waals surface area contributed by atoms with Crippen LogP contribution in [-0.2, 0) is 9.47 Å². The molecule has 1 aromatic rings. The van der Waals surface area contributed by atoms with Crippen molar-refractivity contribution < 1.29 is 14.6 Å². The molecule has 0 aliphatic rings. The van der Waals surface area contributed by atoms with E-state index in [-0.39, 0.29) is 39.7 Å². The number of rotatable bonds is 14. The van der Waals surface area contributed by atoms with Crippen molar-refractivity contribution in [3.63, 3.8) is 0 Å². The number of phenols is 1. The van der Waals surface area contributed by atoms with Crippen LogP contribution in [0.5, 0.6) is 5.75 Å². The van der Waals surface area contributed by atoms with E-state index in [1.165, 1.54) is 0 Å². The zero-order valence-corrected chi connectivity index (χ0v) is 35.4. The number of phenolic OH excluding ortho intramolecular Hbond substituents is 1. The summed E-state index contributed by atoms with van der Waals surface area (Å²) in [7, 11) is 0. The number of aromatic hydroxyl groups is 1. The second-order valence-electron chi connectivity index (χ2n) is 6.61. The first-order valence-corrected chi connectivity index (χ1v) is 20.1. The van der Waals surface area contributed by atoms with Crippen LogP contribution in [0.15, 0.2) is 13.4 Å². The van der Waals surface area contributed by atoms with Crippen molar-refractivity contribution in [2.24, 2.45) is 0 Å². The quantitative estimate of drug-likeness (QED) is 0.149. The predicted octanol–water partition coefficient (Wildman–Crippen LogP) is 11.1.